The lowest BCUT2D eigenvalue weighted by molar-refractivity contribution is 0.0756. The minimum absolute atomic E-state index is 0.0747. The highest BCUT2D eigenvalue weighted by atomic mass is 19.1. The van der Waals surface area contributed by atoms with Crippen molar-refractivity contribution < 1.29 is 13.9 Å². The molecule has 0 aliphatic carbocycles. The summed E-state index contributed by atoms with van der Waals surface area (Å²) in [5, 5.41) is 3.32. The van der Waals surface area contributed by atoms with E-state index in [0.717, 1.165) is 17.1 Å². The average Bonchev–Trinajstić information content (AvgIpc) is 2.55. The van der Waals surface area contributed by atoms with Crippen LogP contribution in [0.5, 0.6) is 11.5 Å². The van der Waals surface area contributed by atoms with Gasteiger partial charge in [-0.15, -0.1) is 0 Å². The third-order valence-electron chi connectivity index (χ3n) is 4.13. The van der Waals surface area contributed by atoms with Gasteiger partial charge in [-0.05, 0) is 32.0 Å². The largest absolute Gasteiger partial charge is 0.497 e. The summed E-state index contributed by atoms with van der Waals surface area (Å²) in [5.41, 5.74) is 0.627. The van der Waals surface area contributed by atoms with Gasteiger partial charge in [-0.1, -0.05) is 0 Å². The van der Waals surface area contributed by atoms with Crippen molar-refractivity contribution in [3.63, 3.8) is 0 Å². The molecule has 1 aromatic heterocycles. The van der Waals surface area contributed by atoms with Gasteiger partial charge in [0.1, 0.15) is 17.1 Å². The van der Waals surface area contributed by atoms with E-state index in [0.29, 0.717) is 12.4 Å². The Hall–Kier alpha value is -2.57. The summed E-state index contributed by atoms with van der Waals surface area (Å²) >= 11 is 0. The SMILES string of the molecule is COc1ccc2c(c1)C(Nc1ncc(F)c(N(C)C)n1)CC(C)(C)O2. The van der Waals surface area contributed by atoms with Crippen molar-refractivity contribution in [1.82, 2.24) is 9.97 Å². The Morgan fingerprint density at radius 1 is 1.36 bits per heavy atom. The van der Waals surface area contributed by atoms with Gasteiger partial charge < -0.3 is 19.7 Å². The fourth-order valence-electron chi connectivity index (χ4n) is 2.99. The van der Waals surface area contributed by atoms with Crippen molar-refractivity contribution in [2.24, 2.45) is 0 Å². The van der Waals surface area contributed by atoms with E-state index in [2.05, 4.69) is 15.3 Å². The number of nitrogens with zero attached hydrogens (tertiary/aromatic N) is 3. The van der Waals surface area contributed by atoms with Crippen LogP contribution < -0.4 is 19.7 Å². The Bertz CT molecular complexity index is 780. The third kappa shape index (κ3) is 3.60. The molecular formula is C18H23FN4O2. The first-order valence-electron chi connectivity index (χ1n) is 8.12. The molecule has 0 radical (unpaired) electrons. The molecule has 0 amide bonds. The van der Waals surface area contributed by atoms with Crippen molar-refractivity contribution in [2.45, 2.75) is 31.9 Å². The van der Waals surface area contributed by atoms with Crippen LogP contribution in [0.25, 0.3) is 0 Å². The second-order valence-corrected chi connectivity index (χ2v) is 6.93. The van der Waals surface area contributed by atoms with Crippen LogP contribution in [0.4, 0.5) is 16.2 Å². The molecule has 0 saturated heterocycles. The molecule has 1 unspecified atom stereocenters. The van der Waals surface area contributed by atoms with Gasteiger partial charge in [-0.3, -0.25) is 0 Å². The molecule has 1 aromatic carbocycles. The molecule has 134 valence electrons. The van der Waals surface area contributed by atoms with Crippen LogP contribution in [-0.4, -0.2) is 36.8 Å². The van der Waals surface area contributed by atoms with Crippen molar-refractivity contribution in [3.8, 4) is 11.5 Å². The second-order valence-electron chi connectivity index (χ2n) is 6.93. The molecule has 2 aromatic rings. The molecule has 2 heterocycles. The van der Waals surface area contributed by atoms with Crippen LogP contribution in [-0.2, 0) is 0 Å². The van der Waals surface area contributed by atoms with E-state index in [1.54, 1.807) is 26.1 Å². The Balaban J connectivity index is 1.96. The predicted octanol–water partition coefficient (Wildman–Crippen LogP) is 3.40. The number of anilines is 2. The molecule has 1 atom stereocenters. The first-order valence-corrected chi connectivity index (χ1v) is 8.12. The summed E-state index contributed by atoms with van der Waals surface area (Å²) in [6.07, 6.45) is 1.90. The normalized spacial score (nSPS) is 18.1. The van der Waals surface area contributed by atoms with Crippen molar-refractivity contribution in [3.05, 3.63) is 35.8 Å². The smallest absolute Gasteiger partial charge is 0.225 e. The second kappa shape index (κ2) is 6.38. The van der Waals surface area contributed by atoms with Crippen molar-refractivity contribution in [2.75, 3.05) is 31.4 Å². The number of rotatable bonds is 4. The van der Waals surface area contributed by atoms with Crippen molar-refractivity contribution in [1.29, 1.82) is 0 Å². The van der Waals surface area contributed by atoms with Crippen LogP contribution in [0.15, 0.2) is 24.4 Å². The average molecular weight is 346 g/mol. The van der Waals surface area contributed by atoms with Gasteiger partial charge in [0, 0.05) is 26.1 Å². The van der Waals surface area contributed by atoms with Gasteiger partial charge in [0.25, 0.3) is 0 Å². The number of fused-ring (bicyclic) bond motifs is 1. The van der Waals surface area contributed by atoms with E-state index in [1.807, 2.05) is 32.0 Å². The van der Waals surface area contributed by atoms with E-state index < -0.39 is 5.82 Å². The Morgan fingerprint density at radius 3 is 2.80 bits per heavy atom. The lowest BCUT2D eigenvalue weighted by Crippen LogP contribution is -2.37. The fourth-order valence-corrected chi connectivity index (χ4v) is 2.99. The van der Waals surface area contributed by atoms with Crippen LogP contribution in [0.3, 0.4) is 0 Å². The number of ether oxygens (including phenoxy) is 2. The molecule has 1 aliphatic heterocycles. The monoisotopic (exact) mass is 346 g/mol. The van der Waals surface area contributed by atoms with Crippen LogP contribution in [0.2, 0.25) is 0 Å². The highest BCUT2D eigenvalue weighted by Gasteiger charge is 2.34. The zero-order valence-corrected chi connectivity index (χ0v) is 15.1. The zero-order chi connectivity index (χ0) is 18.2. The van der Waals surface area contributed by atoms with Gasteiger partial charge in [-0.25, -0.2) is 9.37 Å². The summed E-state index contributed by atoms with van der Waals surface area (Å²) in [4.78, 5) is 9.99. The Kier molecular flexibility index (Phi) is 4.41. The first kappa shape index (κ1) is 17.3. The number of halogens is 1. The summed E-state index contributed by atoms with van der Waals surface area (Å²) < 4.78 is 25.2. The highest BCUT2D eigenvalue weighted by Crippen LogP contribution is 2.42. The lowest BCUT2D eigenvalue weighted by Gasteiger charge is -2.38. The molecule has 6 nitrogen and oxygen atoms in total. The standard InChI is InChI=1S/C18H23FN4O2/c1-18(2)9-14(12-8-11(24-5)6-7-15(12)25-18)21-17-20-10-13(19)16(22-17)23(3)4/h6-8,10,14H,9H2,1-5H3,(H,20,21,22). The molecule has 7 heteroatoms. The predicted molar refractivity (Wildman–Crippen MR) is 95.0 cm³/mol. The molecule has 0 fully saturated rings. The number of aromatic nitrogens is 2. The molecule has 3 rings (SSSR count). The minimum atomic E-state index is -0.454. The molecule has 1 N–H and O–H groups in total. The van der Waals surface area contributed by atoms with Crippen LogP contribution in [0.1, 0.15) is 31.9 Å². The van der Waals surface area contributed by atoms with Gasteiger partial charge >= 0.3 is 0 Å². The third-order valence-corrected chi connectivity index (χ3v) is 4.13. The van der Waals surface area contributed by atoms with Gasteiger partial charge in [0.05, 0.1) is 19.3 Å². The molecule has 25 heavy (non-hydrogen) atoms. The maximum Gasteiger partial charge on any atom is 0.225 e. The molecular weight excluding hydrogens is 323 g/mol. The van der Waals surface area contributed by atoms with E-state index in [1.165, 1.54) is 6.20 Å². The quantitative estimate of drug-likeness (QED) is 0.916. The first-order chi connectivity index (χ1) is 11.8. The Labute approximate surface area is 147 Å². The number of hydrogen-bond donors (Lipinski definition) is 1. The number of hydrogen-bond acceptors (Lipinski definition) is 6. The van der Waals surface area contributed by atoms with Crippen molar-refractivity contribution >= 4 is 11.8 Å². The van der Waals surface area contributed by atoms with Gasteiger partial charge in [-0.2, -0.15) is 4.98 Å². The summed E-state index contributed by atoms with van der Waals surface area (Å²) in [5.74, 6) is 1.72. The Morgan fingerprint density at radius 2 is 2.12 bits per heavy atom. The fraction of sp³-hybridized carbons (Fsp3) is 0.444. The maximum atomic E-state index is 13.8. The summed E-state index contributed by atoms with van der Waals surface area (Å²) in [6.45, 7) is 4.07. The van der Waals surface area contributed by atoms with Gasteiger partial charge in [0.15, 0.2) is 11.6 Å². The number of nitrogens with one attached hydrogen (secondary N) is 1. The molecule has 0 bridgehead atoms. The van der Waals surface area contributed by atoms with E-state index in [4.69, 9.17) is 9.47 Å². The van der Waals surface area contributed by atoms with Crippen LogP contribution >= 0.6 is 0 Å². The van der Waals surface area contributed by atoms with E-state index >= 15 is 0 Å². The molecule has 1 aliphatic rings. The van der Waals surface area contributed by atoms with Gasteiger partial charge in [0.2, 0.25) is 5.95 Å². The van der Waals surface area contributed by atoms with E-state index in [-0.39, 0.29) is 17.5 Å². The number of benzene rings is 1. The molecule has 0 spiro atoms. The topological polar surface area (TPSA) is 59.5 Å². The van der Waals surface area contributed by atoms with E-state index in [9.17, 15) is 4.39 Å². The minimum Gasteiger partial charge on any atom is -0.497 e. The number of methoxy groups -OCH3 is 1. The lowest BCUT2D eigenvalue weighted by atomic mass is 9.89. The molecule has 0 saturated carbocycles. The highest BCUT2D eigenvalue weighted by molar-refractivity contribution is 5.49. The summed E-state index contributed by atoms with van der Waals surface area (Å²) in [7, 11) is 5.12. The maximum absolute atomic E-state index is 13.8. The van der Waals surface area contributed by atoms with Crippen LogP contribution in [0, 0.1) is 5.82 Å². The zero-order valence-electron chi connectivity index (χ0n) is 15.1. The summed E-state index contributed by atoms with van der Waals surface area (Å²) in [6, 6.07) is 5.64.